The first-order valence-electron chi connectivity index (χ1n) is 10.7. The second-order valence-corrected chi connectivity index (χ2v) is 8.75. The zero-order valence-corrected chi connectivity index (χ0v) is 18.4. The Bertz CT molecular complexity index is 972. The molecule has 1 fully saturated rings. The van der Waals surface area contributed by atoms with Crippen LogP contribution < -0.4 is 0 Å². The van der Waals surface area contributed by atoms with Crippen LogP contribution in [0.1, 0.15) is 66.5 Å². The van der Waals surface area contributed by atoms with Gasteiger partial charge in [0.15, 0.2) is 0 Å². The molecule has 0 amide bonds. The van der Waals surface area contributed by atoms with Gasteiger partial charge in [0, 0.05) is 16.8 Å². The Morgan fingerprint density at radius 2 is 1.80 bits per heavy atom. The van der Waals surface area contributed by atoms with Gasteiger partial charge in [-0.1, -0.05) is 16.4 Å². The van der Waals surface area contributed by atoms with Crippen LogP contribution in [0, 0.1) is 26.2 Å². The number of oxime groups is 2. The highest BCUT2D eigenvalue weighted by Gasteiger charge is 2.45. The quantitative estimate of drug-likeness (QED) is 0.494. The van der Waals surface area contributed by atoms with Gasteiger partial charge in [-0.2, -0.15) is 0 Å². The topological polar surface area (TPSA) is 69.0 Å². The molecule has 2 aliphatic carbocycles. The third-order valence-electron chi connectivity index (χ3n) is 5.79. The van der Waals surface area contributed by atoms with Crippen LogP contribution in [0.2, 0.25) is 0 Å². The van der Waals surface area contributed by atoms with Crippen molar-refractivity contribution in [2.75, 3.05) is 13.2 Å². The van der Waals surface area contributed by atoms with Crippen molar-refractivity contribution in [1.82, 2.24) is 9.97 Å². The summed E-state index contributed by atoms with van der Waals surface area (Å²) in [6.07, 6.45) is 5.21. The highest BCUT2D eigenvalue weighted by atomic mass is 16.6. The highest BCUT2D eigenvalue weighted by Crippen LogP contribution is 2.46. The lowest BCUT2D eigenvalue weighted by atomic mass is 9.94. The Morgan fingerprint density at radius 1 is 1.00 bits per heavy atom. The van der Waals surface area contributed by atoms with Crippen molar-refractivity contribution in [2.45, 2.75) is 59.8 Å². The van der Waals surface area contributed by atoms with E-state index in [1.165, 1.54) is 11.1 Å². The predicted octanol–water partition coefficient (Wildman–Crippen LogP) is 4.68. The van der Waals surface area contributed by atoms with E-state index in [4.69, 9.17) is 9.68 Å². The first-order valence-corrected chi connectivity index (χ1v) is 10.7. The SMILES string of the molecule is C/C(=N\OCC1(CO/N=C2/CCCc3ccc(C)nc32)CC1)c1cc(C)cc(C)n1. The molecular weight excluding hydrogens is 376 g/mol. The molecule has 6 heteroatoms. The molecule has 0 atom stereocenters. The largest absolute Gasteiger partial charge is 0.395 e. The van der Waals surface area contributed by atoms with Crippen molar-refractivity contribution in [2.24, 2.45) is 15.7 Å². The van der Waals surface area contributed by atoms with Gasteiger partial charge in [0.2, 0.25) is 0 Å². The van der Waals surface area contributed by atoms with Crippen LogP contribution in [-0.4, -0.2) is 34.6 Å². The summed E-state index contributed by atoms with van der Waals surface area (Å²) in [5.74, 6) is 0. The zero-order valence-electron chi connectivity index (χ0n) is 18.4. The molecule has 0 aliphatic heterocycles. The van der Waals surface area contributed by atoms with Gasteiger partial charge >= 0.3 is 0 Å². The minimum Gasteiger partial charge on any atom is -0.395 e. The first kappa shape index (κ1) is 20.5. The van der Waals surface area contributed by atoms with Crippen molar-refractivity contribution in [1.29, 1.82) is 0 Å². The van der Waals surface area contributed by atoms with Gasteiger partial charge in [-0.05, 0) is 89.1 Å². The van der Waals surface area contributed by atoms with Crippen molar-refractivity contribution in [3.63, 3.8) is 0 Å². The molecule has 0 aromatic carbocycles. The van der Waals surface area contributed by atoms with Gasteiger partial charge in [0.25, 0.3) is 0 Å². The maximum atomic E-state index is 5.78. The Balaban J connectivity index is 1.33. The molecule has 2 aliphatic rings. The minimum absolute atomic E-state index is 0.0152. The van der Waals surface area contributed by atoms with Crippen molar-refractivity contribution in [3.05, 3.63) is 58.2 Å². The number of hydrogen-bond donors (Lipinski definition) is 0. The van der Waals surface area contributed by atoms with Gasteiger partial charge in [-0.15, -0.1) is 0 Å². The maximum Gasteiger partial charge on any atom is 0.126 e. The molecule has 0 unspecified atom stereocenters. The molecule has 0 spiro atoms. The second kappa shape index (κ2) is 8.54. The van der Waals surface area contributed by atoms with E-state index in [-0.39, 0.29) is 5.41 Å². The monoisotopic (exact) mass is 406 g/mol. The molecule has 2 heterocycles. The van der Waals surface area contributed by atoms with Crippen LogP contribution in [0.5, 0.6) is 0 Å². The van der Waals surface area contributed by atoms with Crippen molar-refractivity contribution >= 4 is 11.4 Å². The van der Waals surface area contributed by atoms with E-state index in [1.54, 1.807) is 0 Å². The summed E-state index contributed by atoms with van der Waals surface area (Å²) in [5, 5.41) is 8.75. The molecule has 2 aromatic rings. The summed E-state index contributed by atoms with van der Waals surface area (Å²) < 4.78 is 0. The molecule has 158 valence electrons. The number of hydrogen-bond acceptors (Lipinski definition) is 6. The summed E-state index contributed by atoms with van der Waals surface area (Å²) in [5.41, 5.74) is 8.08. The number of pyridine rings is 2. The summed E-state index contributed by atoms with van der Waals surface area (Å²) in [6.45, 7) is 9.08. The summed E-state index contributed by atoms with van der Waals surface area (Å²) in [6, 6.07) is 8.30. The Labute approximate surface area is 178 Å². The number of nitrogens with zero attached hydrogens (tertiary/aromatic N) is 4. The lowest BCUT2D eigenvalue weighted by Gasteiger charge is -2.18. The Kier molecular flexibility index (Phi) is 5.84. The molecule has 0 radical (unpaired) electrons. The van der Waals surface area contributed by atoms with E-state index >= 15 is 0 Å². The average molecular weight is 407 g/mol. The van der Waals surface area contributed by atoms with E-state index in [0.717, 1.165) is 66.3 Å². The lowest BCUT2D eigenvalue weighted by molar-refractivity contribution is 0.0318. The zero-order chi connectivity index (χ0) is 21.1. The van der Waals surface area contributed by atoms with Crippen LogP contribution in [0.15, 0.2) is 34.6 Å². The minimum atomic E-state index is 0.0152. The molecule has 1 saturated carbocycles. The van der Waals surface area contributed by atoms with E-state index in [1.807, 2.05) is 26.8 Å². The first-order chi connectivity index (χ1) is 14.4. The molecule has 30 heavy (non-hydrogen) atoms. The molecule has 0 bridgehead atoms. The number of rotatable bonds is 7. The number of aromatic nitrogens is 2. The van der Waals surface area contributed by atoms with Gasteiger partial charge in [0.1, 0.15) is 24.6 Å². The van der Waals surface area contributed by atoms with Crippen LogP contribution in [0.3, 0.4) is 0 Å². The standard InChI is InChI=1S/C24H30N4O2/c1-16-12-18(3)25-22(13-16)19(4)27-29-14-24(10-11-24)15-30-28-21-7-5-6-20-9-8-17(2)26-23(20)21/h8-9,12-13H,5-7,10-11,14-15H2,1-4H3/b27-19+,28-21-. The summed E-state index contributed by atoms with van der Waals surface area (Å²) >= 11 is 0. The molecule has 0 N–H and O–H groups in total. The molecule has 2 aromatic heterocycles. The van der Waals surface area contributed by atoms with Gasteiger partial charge in [-0.3, -0.25) is 9.97 Å². The molecule has 6 nitrogen and oxygen atoms in total. The third-order valence-corrected chi connectivity index (χ3v) is 5.79. The summed E-state index contributed by atoms with van der Waals surface area (Å²) in [4.78, 5) is 20.7. The van der Waals surface area contributed by atoms with Gasteiger partial charge in [-0.25, -0.2) is 0 Å². The van der Waals surface area contributed by atoms with E-state index < -0.39 is 0 Å². The maximum absolute atomic E-state index is 5.78. The third kappa shape index (κ3) is 4.86. The fourth-order valence-electron chi connectivity index (χ4n) is 3.78. The van der Waals surface area contributed by atoms with E-state index in [2.05, 4.69) is 45.4 Å². The number of fused-ring (bicyclic) bond motifs is 1. The fraction of sp³-hybridized carbons (Fsp3) is 0.500. The average Bonchev–Trinajstić information content (AvgIpc) is 3.47. The van der Waals surface area contributed by atoms with Gasteiger partial charge in [0.05, 0.1) is 11.4 Å². The number of aryl methyl sites for hydroxylation is 4. The Morgan fingerprint density at radius 3 is 2.57 bits per heavy atom. The van der Waals surface area contributed by atoms with Crippen LogP contribution in [0.25, 0.3) is 0 Å². The van der Waals surface area contributed by atoms with Crippen LogP contribution in [0.4, 0.5) is 0 Å². The fourth-order valence-corrected chi connectivity index (χ4v) is 3.78. The summed E-state index contributed by atoms with van der Waals surface area (Å²) in [7, 11) is 0. The second-order valence-electron chi connectivity index (χ2n) is 8.75. The van der Waals surface area contributed by atoms with Gasteiger partial charge < -0.3 is 9.68 Å². The van der Waals surface area contributed by atoms with Crippen molar-refractivity contribution in [3.8, 4) is 0 Å². The Hall–Kier alpha value is -2.76. The predicted molar refractivity (Wildman–Crippen MR) is 118 cm³/mol. The lowest BCUT2D eigenvalue weighted by Crippen LogP contribution is -2.18. The van der Waals surface area contributed by atoms with Crippen molar-refractivity contribution < 1.29 is 9.68 Å². The van der Waals surface area contributed by atoms with Crippen LogP contribution >= 0.6 is 0 Å². The smallest absolute Gasteiger partial charge is 0.126 e. The van der Waals surface area contributed by atoms with E-state index in [0.29, 0.717) is 13.2 Å². The normalized spacial score (nSPS) is 18.8. The molecular formula is C24H30N4O2. The van der Waals surface area contributed by atoms with Crippen LogP contribution in [-0.2, 0) is 16.1 Å². The van der Waals surface area contributed by atoms with E-state index in [9.17, 15) is 0 Å². The molecule has 4 rings (SSSR count). The molecule has 0 saturated heterocycles. The highest BCUT2D eigenvalue weighted by molar-refractivity contribution is 6.00.